The van der Waals surface area contributed by atoms with Gasteiger partial charge in [0, 0.05) is 29.4 Å². The molecule has 2 heterocycles. The predicted molar refractivity (Wildman–Crippen MR) is 81.3 cm³/mol. The molecule has 2 aromatic heterocycles. The first kappa shape index (κ1) is 13.7. The maximum Gasteiger partial charge on any atom is 0.0296 e. The van der Waals surface area contributed by atoms with Crippen molar-refractivity contribution in [2.24, 2.45) is 0 Å². The third kappa shape index (κ3) is 3.65. The summed E-state index contributed by atoms with van der Waals surface area (Å²) in [6, 6.07) is 4.54. The number of hydrogen-bond donors (Lipinski definition) is 1. The number of nitrogens with zero attached hydrogens (tertiary/aromatic N) is 1. The van der Waals surface area contributed by atoms with Gasteiger partial charge < -0.3 is 5.32 Å². The molecule has 2 nitrogen and oxygen atoms in total. The smallest absolute Gasteiger partial charge is 0.0296 e. The van der Waals surface area contributed by atoms with Crippen LogP contribution in [-0.4, -0.2) is 19.0 Å². The van der Waals surface area contributed by atoms with Crippen LogP contribution in [0.4, 0.5) is 0 Å². The molecular formula is C14H20N2S2. The van der Waals surface area contributed by atoms with Crippen molar-refractivity contribution in [3.63, 3.8) is 0 Å². The van der Waals surface area contributed by atoms with Crippen molar-refractivity contribution in [2.45, 2.75) is 26.6 Å². The van der Waals surface area contributed by atoms with Gasteiger partial charge >= 0.3 is 0 Å². The van der Waals surface area contributed by atoms with Crippen molar-refractivity contribution in [1.82, 2.24) is 10.2 Å². The fraction of sp³-hybridized carbons (Fsp3) is 0.429. The largest absolute Gasteiger partial charge is 0.315 e. The van der Waals surface area contributed by atoms with E-state index in [9.17, 15) is 0 Å². The molecule has 2 aromatic rings. The van der Waals surface area contributed by atoms with Crippen LogP contribution in [0.2, 0.25) is 0 Å². The quantitative estimate of drug-likeness (QED) is 0.871. The zero-order valence-electron chi connectivity index (χ0n) is 11.2. The summed E-state index contributed by atoms with van der Waals surface area (Å²) in [6.07, 6.45) is 0. The molecule has 0 saturated carbocycles. The van der Waals surface area contributed by atoms with E-state index in [1.54, 1.807) is 11.3 Å². The summed E-state index contributed by atoms with van der Waals surface area (Å²) in [4.78, 5) is 5.24. The Balaban J connectivity index is 1.95. The summed E-state index contributed by atoms with van der Waals surface area (Å²) < 4.78 is 0. The monoisotopic (exact) mass is 280 g/mol. The Hall–Kier alpha value is -0.680. The van der Waals surface area contributed by atoms with Crippen LogP contribution >= 0.6 is 22.7 Å². The highest BCUT2D eigenvalue weighted by atomic mass is 32.1. The highest BCUT2D eigenvalue weighted by molar-refractivity contribution is 7.12. The molecule has 0 amide bonds. The number of aryl methyl sites for hydroxylation is 1. The Morgan fingerprint density at radius 3 is 2.83 bits per heavy atom. The first-order valence-corrected chi connectivity index (χ1v) is 7.87. The van der Waals surface area contributed by atoms with Gasteiger partial charge in [0.2, 0.25) is 0 Å². The minimum absolute atomic E-state index is 0.972. The molecule has 0 atom stereocenters. The van der Waals surface area contributed by atoms with Gasteiger partial charge in [-0.15, -0.1) is 11.3 Å². The molecule has 0 radical (unpaired) electrons. The average molecular weight is 280 g/mol. The van der Waals surface area contributed by atoms with Crippen molar-refractivity contribution in [2.75, 3.05) is 14.1 Å². The number of rotatable bonds is 6. The van der Waals surface area contributed by atoms with E-state index in [4.69, 9.17) is 0 Å². The van der Waals surface area contributed by atoms with Gasteiger partial charge in [-0.1, -0.05) is 0 Å². The molecule has 2 rings (SSSR count). The normalized spacial score (nSPS) is 11.3. The fourth-order valence-corrected chi connectivity index (χ4v) is 3.77. The van der Waals surface area contributed by atoms with E-state index in [1.807, 2.05) is 18.4 Å². The minimum Gasteiger partial charge on any atom is -0.315 e. The van der Waals surface area contributed by atoms with E-state index >= 15 is 0 Å². The van der Waals surface area contributed by atoms with Crippen molar-refractivity contribution < 1.29 is 0 Å². The molecule has 1 N–H and O–H groups in total. The van der Waals surface area contributed by atoms with E-state index in [2.05, 4.69) is 47.1 Å². The predicted octanol–water partition coefficient (Wildman–Crippen LogP) is 3.47. The lowest BCUT2D eigenvalue weighted by Gasteiger charge is -2.15. The zero-order valence-corrected chi connectivity index (χ0v) is 12.8. The van der Waals surface area contributed by atoms with Crippen LogP contribution < -0.4 is 5.32 Å². The van der Waals surface area contributed by atoms with Crippen LogP contribution in [0.1, 0.15) is 20.9 Å². The third-order valence-corrected chi connectivity index (χ3v) is 4.72. The summed E-state index contributed by atoms with van der Waals surface area (Å²) >= 11 is 3.67. The van der Waals surface area contributed by atoms with Crippen LogP contribution in [0.25, 0.3) is 0 Å². The molecule has 98 valence electrons. The maximum absolute atomic E-state index is 3.21. The lowest BCUT2D eigenvalue weighted by atomic mass is 10.2. The second-order valence-electron chi connectivity index (χ2n) is 4.63. The fourth-order valence-electron chi connectivity index (χ4n) is 2.05. The SMILES string of the molecule is CNCc1cc(CN(C)Cc2ccsc2)c(C)s1. The Bertz CT molecular complexity index is 474. The Labute approximate surface area is 117 Å². The van der Waals surface area contributed by atoms with Crippen LogP contribution in [0, 0.1) is 6.92 Å². The van der Waals surface area contributed by atoms with Crippen molar-refractivity contribution in [3.05, 3.63) is 43.8 Å². The highest BCUT2D eigenvalue weighted by Crippen LogP contribution is 2.23. The molecule has 0 unspecified atom stereocenters. The van der Waals surface area contributed by atoms with Gasteiger partial charge in [-0.2, -0.15) is 11.3 Å². The third-order valence-electron chi connectivity index (χ3n) is 2.90. The zero-order chi connectivity index (χ0) is 13.0. The topological polar surface area (TPSA) is 15.3 Å². The van der Waals surface area contributed by atoms with Gasteiger partial charge in [-0.25, -0.2) is 0 Å². The lowest BCUT2D eigenvalue weighted by molar-refractivity contribution is 0.319. The van der Waals surface area contributed by atoms with Gasteiger partial charge in [-0.05, 0) is 55.0 Å². The number of nitrogens with one attached hydrogen (secondary N) is 1. The van der Waals surface area contributed by atoms with E-state index in [0.29, 0.717) is 0 Å². The van der Waals surface area contributed by atoms with Crippen LogP contribution in [-0.2, 0) is 19.6 Å². The Morgan fingerprint density at radius 1 is 1.33 bits per heavy atom. The molecule has 0 bridgehead atoms. The van der Waals surface area contributed by atoms with Crippen molar-refractivity contribution >= 4 is 22.7 Å². The summed E-state index contributed by atoms with van der Waals surface area (Å²) in [7, 11) is 4.18. The van der Waals surface area contributed by atoms with Crippen molar-refractivity contribution in [1.29, 1.82) is 0 Å². The molecule has 0 aromatic carbocycles. The molecular weight excluding hydrogens is 260 g/mol. The van der Waals surface area contributed by atoms with Crippen molar-refractivity contribution in [3.8, 4) is 0 Å². The first-order chi connectivity index (χ1) is 8.69. The molecule has 4 heteroatoms. The molecule has 0 aliphatic carbocycles. The average Bonchev–Trinajstić information content (AvgIpc) is 2.91. The summed E-state index contributed by atoms with van der Waals surface area (Å²) in [5.41, 5.74) is 2.87. The number of hydrogen-bond acceptors (Lipinski definition) is 4. The standard InChI is InChI=1S/C14H20N2S2/c1-11-13(6-14(18-11)7-15-2)9-16(3)8-12-4-5-17-10-12/h4-6,10,15H,7-9H2,1-3H3. The van der Waals surface area contributed by atoms with Crippen LogP contribution in [0.5, 0.6) is 0 Å². The van der Waals surface area contributed by atoms with Gasteiger partial charge in [-0.3, -0.25) is 4.90 Å². The van der Waals surface area contributed by atoms with E-state index in [-0.39, 0.29) is 0 Å². The van der Waals surface area contributed by atoms with E-state index < -0.39 is 0 Å². The highest BCUT2D eigenvalue weighted by Gasteiger charge is 2.08. The molecule has 0 aliphatic heterocycles. The second-order valence-corrected chi connectivity index (χ2v) is 6.75. The number of thiophene rings is 2. The van der Waals surface area contributed by atoms with Gasteiger partial charge in [0.1, 0.15) is 0 Å². The molecule has 0 spiro atoms. The molecule has 0 aliphatic rings. The maximum atomic E-state index is 3.21. The van der Waals surface area contributed by atoms with Gasteiger partial charge in [0.25, 0.3) is 0 Å². The minimum atomic E-state index is 0.972. The molecule has 0 saturated heterocycles. The van der Waals surface area contributed by atoms with Crippen LogP contribution in [0.15, 0.2) is 22.9 Å². The first-order valence-electron chi connectivity index (χ1n) is 6.11. The summed E-state index contributed by atoms with van der Waals surface area (Å²) in [6.45, 7) is 5.25. The second kappa shape index (κ2) is 6.48. The lowest BCUT2D eigenvalue weighted by Crippen LogP contribution is -2.16. The summed E-state index contributed by atoms with van der Waals surface area (Å²) in [5.74, 6) is 0. The molecule has 0 fully saturated rings. The van der Waals surface area contributed by atoms with Crippen LogP contribution in [0.3, 0.4) is 0 Å². The van der Waals surface area contributed by atoms with Gasteiger partial charge in [0.15, 0.2) is 0 Å². The van der Waals surface area contributed by atoms with E-state index in [1.165, 1.54) is 20.9 Å². The van der Waals surface area contributed by atoms with E-state index in [0.717, 1.165) is 19.6 Å². The summed E-state index contributed by atoms with van der Waals surface area (Å²) in [5, 5.41) is 7.58. The Kier molecular flexibility index (Phi) is 4.95. The molecule has 18 heavy (non-hydrogen) atoms. The van der Waals surface area contributed by atoms with Gasteiger partial charge in [0.05, 0.1) is 0 Å². The Morgan fingerprint density at radius 2 is 2.17 bits per heavy atom.